The van der Waals surface area contributed by atoms with E-state index in [9.17, 15) is 4.79 Å². The number of carbonyl (C=O) groups excluding carboxylic acids is 1. The van der Waals surface area contributed by atoms with E-state index >= 15 is 0 Å². The van der Waals surface area contributed by atoms with E-state index in [-0.39, 0.29) is 5.91 Å². The van der Waals surface area contributed by atoms with Crippen molar-refractivity contribution in [3.63, 3.8) is 0 Å². The topological polar surface area (TPSA) is 45.2 Å². The Morgan fingerprint density at radius 3 is 3.12 bits per heavy atom. The summed E-state index contributed by atoms with van der Waals surface area (Å²) < 4.78 is 0. The lowest BCUT2D eigenvalue weighted by Crippen LogP contribution is -2.32. The zero-order valence-corrected chi connectivity index (χ0v) is 11.2. The second-order valence-corrected chi connectivity index (χ2v) is 5.91. The van der Waals surface area contributed by atoms with Crippen LogP contribution in [0, 0.1) is 6.92 Å². The Kier molecular flexibility index (Phi) is 4.12. The van der Waals surface area contributed by atoms with Crippen LogP contribution >= 0.6 is 11.3 Å². The number of nitrogens with one attached hydrogen (secondary N) is 1. The number of amides is 1. The van der Waals surface area contributed by atoms with Crippen molar-refractivity contribution in [1.82, 2.24) is 15.2 Å². The van der Waals surface area contributed by atoms with Gasteiger partial charge in [-0.25, -0.2) is 4.98 Å². The molecule has 0 radical (unpaired) electrons. The Morgan fingerprint density at radius 2 is 2.53 bits per heavy atom. The number of aryl methyl sites for hydroxylation is 1. The van der Waals surface area contributed by atoms with Crippen LogP contribution in [0.15, 0.2) is 6.20 Å². The molecule has 1 unspecified atom stereocenters. The summed E-state index contributed by atoms with van der Waals surface area (Å²) in [6.45, 7) is 3.71. The molecular weight excluding hydrogens is 234 g/mol. The standard InChI is InChI=1S/C12H19N3OS/c1-9-14-7-11(17-9)8-15(2)12(16)6-10-4-3-5-13-10/h7,10,13H,3-6,8H2,1-2H3. The average Bonchev–Trinajstić information content (AvgIpc) is 2.90. The lowest BCUT2D eigenvalue weighted by molar-refractivity contribution is -0.130. The molecule has 1 fully saturated rings. The average molecular weight is 253 g/mol. The number of aromatic nitrogens is 1. The number of carbonyl (C=O) groups is 1. The molecule has 94 valence electrons. The van der Waals surface area contributed by atoms with Crippen LogP contribution in [0.5, 0.6) is 0 Å². The van der Waals surface area contributed by atoms with Crippen LogP contribution < -0.4 is 5.32 Å². The van der Waals surface area contributed by atoms with Gasteiger partial charge in [-0.05, 0) is 26.3 Å². The van der Waals surface area contributed by atoms with Gasteiger partial charge in [-0.15, -0.1) is 11.3 Å². The zero-order valence-electron chi connectivity index (χ0n) is 10.4. The molecule has 4 nitrogen and oxygen atoms in total. The molecule has 1 aliphatic rings. The molecule has 2 rings (SSSR count). The van der Waals surface area contributed by atoms with Gasteiger partial charge >= 0.3 is 0 Å². The Bertz CT molecular complexity index is 385. The van der Waals surface area contributed by atoms with Gasteiger partial charge < -0.3 is 10.2 Å². The highest BCUT2D eigenvalue weighted by atomic mass is 32.1. The number of rotatable bonds is 4. The van der Waals surface area contributed by atoms with Crippen molar-refractivity contribution in [1.29, 1.82) is 0 Å². The minimum Gasteiger partial charge on any atom is -0.341 e. The number of thiazole rings is 1. The molecule has 1 amide bonds. The molecule has 1 N–H and O–H groups in total. The lowest BCUT2D eigenvalue weighted by atomic mass is 10.1. The van der Waals surface area contributed by atoms with Crippen molar-refractivity contribution in [2.24, 2.45) is 0 Å². The predicted molar refractivity (Wildman–Crippen MR) is 69.0 cm³/mol. The second-order valence-electron chi connectivity index (χ2n) is 4.59. The Morgan fingerprint density at radius 1 is 1.71 bits per heavy atom. The van der Waals surface area contributed by atoms with E-state index in [1.807, 2.05) is 20.2 Å². The van der Waals surface area contributed by atoms with E-state index in [4.69, 9.17) is 0 Å². The predicted octanol–water partition coefficient (Wildman–Crippen LogP) is 1.55. The largest absolute Gasteiger partial charge is 0.341 e. The first-order valence-electron chi connectivity index (χ1n) is 6.04. The molecule has 0 spiro atoms. The van der Waals surface area contributed by atoms with Gasteiger partial charge in [0, 0.05) is 30.6 Å². The molecule has 0 bridgehead atoms. The number of hydrogen-bond donors (Lipinski definition) is 1. The van der Waals surface area contributed by atoms with E-state index in [2.05, 4.69) is 10.3 Å². The first-order chi connectivity index (χ1) is 8.15. The molecule has 0 aromatic carbocycles. The Labute approximate surface area is 106 Å². The van der Waals surface area contributed by atoms with Crippen LogP contribution in [0.1, 0.15) is 29.1 Å². The summed E-state index contributed by atoms with van der Waals surface area (Å²) >= 11 is 1.66. The zero-order chi connectivity index (χ0) is 12.3. The van der Waals surface area contributed by atoms with Gasteiger partial charge in [-0.2, -0.15) is 0 Å². The van der Waals surface area contributed by atoms with Gasteiger partial charge in [0.2, 0.25) is 5.91 Å². The van der Waals surface area contributed by atoms with Crippen LogP contribution in [-0.4, -0.2) is 35.4 Å². The third kappa shape index (κ3) is 3.51. The fraction of sp³-hybridized carbons (Fsp3) is 0.667. The molecule has 0 aliphatic carbocycles. The normalized spacial score (nSPS) is 19.5. The smallest absolute Gasteiger partial charge is 0.224 e. The van der Waals surface area contributed by atoms with Gasteiger partial charge in [0.05, 0.1) is 11.6 Å². The van der Waals surface area contributed by atoms with E-state index < -0.39 is 0 Å². The van der Waals surface area contributed by atoms with Crippen molar-refractivity contribution in [3.05, 3.63) is 16.1 Å². The van der Waals surface area contributed by atoms with E-state index in [0.717, 1.165) is 22.9 Å². The Hall–Kier alpha value is -0.940. The quantitative estimate of drug-likeness (QED) is 0.885. The van der Waals surface area contributed by atoms with Crippen LogP contribution in [0.3, 0.4) is 0 Å². The monoisotopic (exact) mass is 253 g/mol. The molecule has 0 saturated carbocycles. The first kappa shape index (κ1) is 12.5. The van der Waals surface area contributed by atoms with Crippen LogP contribution in [0.4, 0.5) is 0 Å². The van der Waals surface area contributed by atoms with E-state index in [0.29, 0.717) is 19.0 Å². The number of hydrogen-bond acceptors (Lipinski definition) is 4. The number of nitrogens with zero attached hydrogens (tertiary/aromatic N) is 2. The van der Waals surface area contributed by atoms with Crippen LogP contribution in [0.2, 0.25) is 0 Å². The molecule has 1 aromatic heterocycles. The fourth-order valence-electron chi connectivity index (χ4n) is 2.10. The summed E-state index contributed by atoms with van der Waals surface area (Å²) in [6, 6.07) is 0.383. The van der Waals surface area contributed by atoms with Crippen LogP contribution in [-0.2, 0) is 11.3 Å². The molecule has 1 atom stereocenters. The fourth-order valence-corrected chi connectivity index (χ4v) is 2.95. The molecule has 2 heterocycles. The summed E-state index contributed by atoms with van der Waals surface area (Å²) in [5, 5.41) is 4.41. The van der Waals surface area contributed by atoms with Gasteiger partial charge in [-0.3, -0.25) is 4.79 Å². The van der Waals surface area contributed by atoms with Gasteiger partial charge in [-0.1, -0.05) is 0 Å². The van der Waals surface area contributed by atoms with Gasteiger partial charge in [0.1, 0.15) is 0 Å². The van der Waals surface area contributed by atoms with Crippen molar-refractivity contribution >= 4 is 17.2 Å². The summed E-state index contributed by atoms with van der Waals surface area (Å²) in [6.07, 6.45) is 4.79. The molecule has 1 saturated heterocycles. The van der Waals surface area contributed by atoms with Crippen molar-refractivity contribution in [2.75, 3.05) is 13.6 Å². The van der Waals surface area contributed by atoms with Crippen molar-refractivity contribution in [3.8, 4) is 0 Å². The summed E-state index contributed by atoms with van der Waals surface area (Å²) in [4.78, 5) is 19.1. The molecule has 17 heavy (non-hydrogen) atoms. The molecular formula is C12H19N3OS. The van der Waals surface area contributed by atoms with Crippen molar-refractivity contribution < 1.29 is 4.79 Å². The minimum absolute atomic E-state index is 0.218. The van der Waals surface area contributed by atoms with Crippen LogP contribution in [0.25, 0.3) is 0 Å². The lowest BCUT2D eigenvalue weighted by Gasteiger charge is -2.18. The SMILES string of the molecule is Cc1ncc(CN(C)C(=O)CC2CCCN2)s1. The summed E-state index contributed by atoms with van der Waals surface area (Å²) in [5.74, 6) is 0.218. The summed E-state index contributed by atoms with van der Waals surface area (Å²) in [5.41, 5.74) is 0. The third-order valence-corrected chi connectivity index (χ3v) is 3.97. The van der Waals surface area contributed by atoms with Gasteiger partial charge in [0.25, 0.3) is 0 Å². The molecule has 1 aliphatic heterocycles. The molecule has 5 heteroatoms. The first-order valence-corrected chi connectivity index (χ1v) is 6.85. The highest BCUT2D eigenvalue weighted by Gasteiger charge is 2.20. The Balaban J connectivity index is 1.82. The van der Waals surface area contributed by atoms with E-state index in [1.165, 1.54) is 6.42 Å². The van der Waals surface area contributed by atoms with Crippen molar-refractivity contribution in [2.45, 2.75) is 38.8 Å². The maximum Gasteiger partial charge on any atom is 0.224 e. The van der Waals surface area contributed by atoms with Gasteiger partial charge in [0.15, 0.2) is 0 Å². The molecule has 1 aromatic rings. The highest BCUT2D eigenvalue weighted by molar-refractivity contribution is 7.11. The third-order valence-electron chi connectivity index (χ3n) is 3.07. The van der Waals surface area contributed by atoms with E-state index in [1.54, 1.807) is 16.2 Å². The maximum atomic E-state index is 12.0. The summed E-state index contributed by atoms with van der Waals surface area (Å²) in [7, 11) is 1.87. The highest BCUT2D eigenvalue weighted by Crippen LogP contribution is 2.15. The maximum absolute atomic E-state index is 12.0. The minimum atomic E-state index is 0.218. The second kappa shape index (κ2) is 5.60.